The average molecular weight is 281 g/mol. The summed E-state index contributed by atoms with van der Waals surface area (Å²) in [5.74, 6) is 0.464. The van der Waals surface area contributed by atoms with Crippen molar-refractivity contribution in [1.29, 1.82) is 0 Å². The van der Waals surface area contributed by atoms with Gasteiger partial charge in [0.05, 0.1) is 5.01 Å². The minimum atomic E-state index is 0.464. The fourth-order valence-electron chi connectivity index (χ4n) is 1.98. The van der Waals surface area contributed by atoms with Crippen LogP contribution in [0.15, 0.2) is 30.5 Å². The topological polar surface area (TPSA) is 38.9 Å². The molecule has 96 valence electrons. The Balaban J connectivity index is 1.99. The number of hydrogen-bond acceptors (Lipinski definition) is 3. The minimum absolute atomic E-state index is 0.464. The van der Waals surface area contributed by atoms with Gasteiger partial charge in [0.2, 0.25) is 0 Å². The van der Waals surface area contributed by atoms with E-state index in [2.05, 4.69) is 17.1 Å². The third-order valence-electron chi connectivity index (χ3n) is 2.93. The molecule has 0 spiro atoms. The molecule has 0 amide bonds. The van der Waals surface area contributed by atoms with Gasteiger partial charge in [-0.15, -0.1) is 11.3 Å². The molecule has 2 N–H and O–H groups in total. The summed E-state index contributed by atoms with van der Waals surface area (Å²) in [5.41, 5.74) is 7.15. The summed E-state index contributed by atoms with van der Waals surface area (Å²) in [6.45, 7) is 2.73. The van der Waals surface area contributed by atoms with Gasteiger partial charge in [0.15, 0.2) is 0 Å². The van der Waals surface area contributed by atoms with Crippen LogP contribution in [0, 0.1) is 12.8 Å². The van der Waals surface area contributed by atoms with Gasteiger partial charge in [-0.05, 0) is 49.9 Å². The number of thiazole rings is 1. The fourth-order valence-corrected chi connectivity index (χ4v) is 3.01. The maximum absolute atomic E-state index is 5.88. The Kier molecular flexibility index (Phi) is 4.75. The Morgan fingerprint density at radius 2 is 2.00 bits per heavy atom. The summed E-state index contributed by atoms with van der Waals surface area (Å²) < 4.78 is 0. The van der Waals surface area contributed by atoms with Crippen molar-refractivity contribution in [3.05, 3.63) is 50.9 Å². The molecule has 1 heterocycles. The molecule has 0 aliphatic heterocycles. The van der Waals surface area contributed by atoms with Crippen LogP contribution in [0.2, 0.25) is 5.02 Å². The number of aryl methyl sites for hydroxylation is 1. The fraction of sp³-hybridized carbons (Fsp3) is 0.357. The SMILES string of the molecule is Cc1ncc(CC(CN)Cc2ccc(Cl)cc2)s1. The van der Waals surface area contributed by atoms with Crippen molar-refractivity contribution in [1.82, 2.24) is 4.98 Å². The van der Waals surface area contributed by atoms with E-state index < -0.39 is 0 Å². The van der Waals surface area contributed by atoms with Gasteiger partial charge in [-0.1, -0.05) is 23.7 Å². The van der Waals surface area contributed by atoms with Crippen molar-refractivity contribution < 1.29 is 0 Å². The van der Waals surface area contributed by atoms with Gasteiger partial charge in [-0.3, -0.25) is 0 Å². The summed E-state index contributed by atoms with van der Waals surface area (Å²) in [7, 11) is 0. The van der Waals surface area contributed by atoms with E-state index in [9.17, 15) is 0 Å². The number of nitrogens with zero attached hydrogens (tertiary/aromatic N) is 1. The molecule has 4 heteroatoms. The Hall–Kier alpha value is -0.900. The van der Waals surface area contributed by atoms with Crippen molar-refractivity contribution in [3.63, 3.8) is 0 Å². The zero-order valence-corrected chi connectivity index (χ0v) is 12.0. The van der Waals surface area contributed by atoms with E-state index >= 15 is 0 Å². The molecule has 2 aromatic rings. The molecule has 0 saturated carbocycles. The van der Waals surface area contributed by atoms with E-state index in [0.717, 1.165) is 22.9 Å². The second kappa shape index (κ2) is 6.32. The zero-order valence-electron chi connectivity index (χ0n) is 10.4. The van der Waals surface area contributed by atoms with Gasteiger partial charge in [-0.2, -0.15) is 0 Å². The molecule has 1 aromatic heterocycles. The standard InChI is InChI=1S/C14H17ClN2S/c1-10-17-9-14(18-10)7-12(8-16)6-11-2-4-13(15)5-3-11/h2-5,9,12H,6-8,16H2,1H3. The summed E-state index contributed by atoms with van der Waals surface area (Å²) in [4.78, 5) is 5.60. The second-order valence-electron chi connectivity index (χ2n) is 4.48. The van der Waals surface area contributed by atoms with Crippen LogP contribution < -0.4 is 5.73 Å². The van der Waals surface area contributed by atoms with Crippen molar-refractivity contribution in [2.24, 2.45) is 11.7 Å². The number of nitrogens with two attached hydrogens (primary N) is 1. The second-order valence-corrected chi connectivity index (χ2v) is 6.24. The van der Waals surface area contributed by atoms with Gasteiger partial charge >= 0.3 is 0 Å². The highest BCUT2D eigenvalue weighted by Gasteiger charge is 2.10. The summed E-state index contributed by atoms with van der Waals surface area (Å²) >= 11 is 7.64. The van der Waals surface area contributed by atoms with Crippen LogP contribution in [-0.4, -0.2) is 11.5 Å². The molecule has 1 unspecified atom stereocenters. The van der Waals surface area contributed by atoms with E-state index in [1.165, 1.54) is 10.4 Å². The normalized spacial score (nSPS) is 12.6. The highest BCUT2D eigenvalue weighted by molar-refractivity contribution is 7.11. The Labute approximate surface area is 117 Å². The monoisotopic (exact) mass is 280 g/mol. The molecule has 0 aliphatic carbocycles. The van der Waals surface area contributed by atoms with E-state index in [0.29, 0.717) is 12.5 Å². The first kappa shape index (κ1) is 13.5. The molecule has 2 rings (SSSR count). The van der Waals surface area contributed by atoms with E-state index in [1.54, 1.807) is 11.3 Å². The quantitative estimate of drug-likeness (QED) is 0.911. The average Bonchev–Trinajstić information content (AvgIpc) is 2.77. The van der Waals surface area contributed by atoms with Crippen LogP contribution in [0.3, 0.4) is 0 Å². The third kappa shape index (κ3) is 3.80. The van der Waals surface area contributed by atoms with Gasteiger partial charge in [0, 0.05) is 16.1 Å². The molecule has 0 radical (unpaired) electrons. The smallest absolute Gasteiger partial charge is 0.0896 e. The first-order valence-electron chi connectivity index (χ1n) is 6.03. The maximum Gasteiger partial charge on any atom is 0.0896 e. The van der Waals surface area contributed by atoms with Gasteiger partial charge in [0.1, 0.15) is 0 Å². The lowest BCUT2D eigenvalue weighted by atomic mass is 9.96. The molecule has 0 fully saturated rings. The van der Waals surface area contributed by atoms with Crippen LogP contribution in [-0.2, 0) is 12.8 Å². The number of hydrogen-bond donors (Lipinski definition) is 1. The third-order valence-corrected chi connectivity index (χ3v) is 4.12. The summed E-state index contributed by atoms with van der Waals surface area (Å²) in [6.07, 6.45) is 3.96. The van der Waals surface area contributed by atoms with E-state index in [-0.39, 0.29) is 0 Å². The maximum atomic E-state index is 5.88. The number of benzene rings is 1. The highest BCUT2D eigenvalue weighted by Crippen LogP contribution is 2.19. The predicted octanol–water partition coefficient (Wildman–Crippen LogP) is 3.47. The lowest BCUT2D eigenvalue weighted by Crippen LogP contribution is -2.18. The molecule has 2 nitrogen and oxygen atoms in total. The van der Waals surface area contributed by atoms with Crippen LogP contribution >= 0.6 is 22.9 Å². The minimum Gasteiger partial charge on any atom is -0.330 e. The summed E-state index contributed by atoms with van der Waals surface area (Å²) in [6, 6.07) is 8.01. The van der Waals surface area contributed by atoms with Crippen LogP contribution in [0.5, 0.6) is 0 Å². The lowest BCUT2D eigenvalue weighted by Gasteiger charge is -2.13. The molecular formula is C14H17ClN2S. The Morgan fingerprint density at radius 3 is 2.56 bits per heavy atom. The predicted molar refractivity (Wildman–Crippen MR) is 78.3 cm³/mol. The zero-order chi connectivity index (χ0) is 13.0. The molecule has 0 saturated heterocycles. The van der Waals surface area contributed by atoms with Crippen LogP contribution in [0.1, 0.15) is 15.4 Å². The number of halogens is 1. The van der Waals surface area contributed by atoms with Crippen molar-refractivity contribution >= 4 is 22.9 Å². The Morgan fingerprint density at radius 1 is 1.28 bits per heavy atom. The van der Waals surface area contributed by atoms with Gasteiger partial charge in [-0.25, -0.2) is 4.98 Å². The summed E-state index contributed by atoms with van der Waals surface area (Å²) in [5, 5.41) is 1.90. The van der Waals surface area contributed by atoms with Crippen molar-refractivity contribution in [2.45, 2.75) is 19.8 Å². The van der Waals surface area contributed by atoms with E-state index in [4.69, 9.17) is 17.3 Å². The van der Waals surface area contributed by atoms with Crippen molar-refractivity contribution in [3.8, 4) is 0 Å². The first-order chi connectivity index (χ1) is 8.67. The Bertz CT molecular complexity index is 493. The molecule has 18 heavy (non-hydrogen) atoms. The molecule has 0 bridgehead atoms. The largest absolute Gasteiger partial charge is 0.330 e. The van der Waals surface area contributed by atoms with Crippen LogP contribution in [0.25, 0.3) is 0 Å². The molecular weight excluding hydrogens is 264 g/mol. The van der Waals surface area contributed by atoms with Gasteiger partial charge in [0.25, 0.3) is 0 Å². The first-order valence-corrected chi connectivity index (χ1v) is 7.22. The molecule has 1 aromatic carbocycles. The van der Waals surface area contributed by atoms with E-state index in [1.807, 2.05) is 25.3 Å². The molecule has 1 atom stereocenters. The van der Waals surface area contributed by atoms with Crippen LogP contribution in [0.4, 0.5) is 0 Å². The number of aromatic nitrogens is 1. The van der Waals surface area contributed by atoms with Gasteiger partial charge < -0.3 is 5.73 Å². The molecule has 0 aliphatic rings. The highest BCUT2D eigenvalue weighted by atomic mass is 35.5. The lowest BCUT2D eigenvalue weighted by molar-refractivity contribution is 0.537. The van der Waals surface area contributed by atoms with Crippen molar-refractivity contribution in [2.75, 3.05) is 6.54 Å². The number of rotatable bonds is 5.